The zero-order valence-electron chi connectivity index (χ0n) is 16.5. The van der Waals surface area contributed by atoms with E-state index in [2.05, 4.69) is 75.6 Å². The molecule has 2 heterocycles. The first-order valence-corrected chi connectivity index (χ1v) is 10.1. The minimum atomic E-state index is -0.0846. The molecule has 146 valence electrons. The number of H-pyrrole nitrogens is 1. The molecule has 0 fully saturated rings. The number of aromatic amines is 1. The molecule has 0 aliphatic rings. The average Bonchev–Trinajstić information content (AvgIpc) is 2.82. The van der Waals surface area contributed by atoms with E-state index < -0.39 is 0 Å². The number of benzene rings is 4. The predicted octanol–water partition coefficient (Wildman–Crippen LogP) is 5.96. The van der Waals surface area contributed by atoms with Crippen molar-refractivity contribution < 1.29 is 0 Å². The smallest absolute Gasteiger partial charge is 0.248 e. The molecule has 1 N–H and O–H groups in total. The minimum Gasteiger partial charge on any atom is -0.322 e. The Hall–Kier alpha value is -4.31. The van der Waals surface area contributed by atoms with E-state index in [1.807, 2.05) is 24.4 Å². The third-order valence-electron chi connectivity index (χ3n) is 5.74. The van der Waals surface area contributed by atoms with Crippen LogP contribution in [0.4, 0.5) is 0 Å². The largest absolute Gasteiger partial charge is 0.322 e. The van der Waals surface area contributed by atoms with E-state index >= 15 is 0 Å². The van der Waals surface area contributed by atoms with Gasteiger partial charge in [-0.1, -0.05) is 42.5 Å². The van der Waals surface area contributed by atoms with Crippen LogP contribution in [0.25, 0.3) is 54.8 Å². The summed E-state index contributed by atoms with van der Waals surface area (Å²) in [5, 5.41) is 4.43. The first kappa shape index (κ1) is 17.5. The van der Waals surface area contributed by atoms with Crippen molar-refractivity contribution in [1.82, 2.24) is 15.0 Å². The van der Waals surface area contributed by atoms with E-state index in [4.69, 9.17) is 0 Å². The van der Waals surface area contributed by atoms with Gasteiger partial charge in [0.05, 0.1) is 5.52 Å². The SMILES string of the molecule is O=c1ccc2cc(-c3ccc4ccc(-c5ccc6cncnc6c5)cc4c3)ccc2[nH]1. The molecule has 6 aromatic rings. The van der Waals surface area contributed by atoms with Gasteiger partial charge >= 0.3 is 0 Å². The number of nitrogens with one attached hydrogen (secondary N) is 1. The van der Waals surface area contributed by atoms with Crippen molar-refractivity contribution >= 4 is 32.6 Å². The lowest BCUT2D eigenvalue weighted by Crippen LogP contribution is -2.01. The molecule has 0 radical (unpaired) electrons. The second-order valence-electron chi connectivity index (χ2n) is 7.70. The second kappa shape index (κ2) is 6.89. The molecule has 0 bridgehead atoms. The summed E-state index contributed by atoms with van der Waals surface area (Å²) < 4.78 is 0. The summed E-state index contributed by atoms with van der Waals surface area (Å²) in [5.74, 6) is 0. The van der Waals surface area contributed by atoms with Crippen LogP contribution in [0.2, 0.25) is 0 Å². The van der Waals surface area contributed by atoms with Gasteiger partial charge in [-0.2, -0.15) is 0 Å². The zero-order chi connectivity index (χ0) is 20.8. The first-order chi connectivity index (χ1) is 15.2. The number of nitrogens with zero attached hydrogens (tertiary/aromatic N) is 2. The topological polar surface area (TPSA) is 58.6 Å². The van der Waals surface area contributed by atoms with Gasteiger partial charge in [0.15, 0.2) is 0 Å². The maximum absolute atomic E-state index is 11.5. The maximum Gasteiger partial charge on any atom is 0.248 e. The van der Waals surface area contributed by atoms with Crippen molar-refractivity contribution in [2.45, 2.75) is 0 Å². The van der Waals surface area contributed by atoms with Gasteiger partial charge in [-0.3, -0.25) is 4.79 Å². The van der Waals surface area contributed by atoms with Crippen LogP contribution < -0.4 is 5.56 Å². The van der Waals surface area contributed by atoms with E-state index in [1.54, 1.807) is 12.4 Å². The second-order valence-corrected chi connectivity index (χ2v) is 7.70. The van der Waals surface area contributed by atoms with Crippen LogP contribution in [-0.2, 0) is 0 Å². The molecule has 0 atom stereocenters. The molecule has 0 aliphatic carbocycles. The summed E-state index contributed by atoms with van der Waals surface area (Å²) in [6, 6.07) is 28.9. The standard InChI is InChI=1S/C27H17N3O/c31-27-10-8-22-11-20(7-9-25(22)30-27)18-3-1-17-2-4-19(13-24(17)12-18)21-5-6-23-15-28-16-29-26(23)14-21/h1-16H,(H,30,31). The highest BCUT2D eigenvalue weighted by Crippen LogP contribution is 2.30. The van der Waals surface area contributed by atoms with Crippen molar-refractivity contribution in [1.29, 1.82) is 0 Å². The monoisotopic (exact) mass is 399 g/mol. The molecule has 2 aromatic heterocycles. The molecule has 4 aromatic carbocycles. The molecule has 0 saturated carbocycles. The fourth-order valence-corrected chi connectivity index (χ4v) is 4.09. The number of hydrogen-bond acceptors (Lipinski definition) is 3. The summed E-state index contributed by atoms with van der Waals surface area (Å²) >= 11 is 0. The first-order valence-electron chi connectivity index (χ1n) is 10.1. The fraction of sp³-hybridized carbons (Fsp3) is 0. The molecule has 4 nitrogen and oxygen atoms in total. The lowest BCUT2D eigenvalue weighted by atomic mass is 9.96. The van der Waals surface area contributed by atoms with Gasteiger partial charge in [0, 0.05) is 23.2 Å². The van der Waals surface area contributed by atoms with Crippen LogP contribution >= 0.6 is 0 Å². The molecule has 0 aliphatic heterocycles. The van der Waals surface area contributed by atoms with E-state index in [-0.39, 0.29) is 5.56 Å². The summed E-state index contributed by atoms with van der Waals surface area (Å²) in [6.45, 7) is 0. The molecule has 0 unspecified atom stereocenters. The van der Waals surface area contributed by atoms with Crippen molar-refractivity contribution in [3.05, 3.63) is 108 Å². The quantitative estimate of drug-likeness (QED) is 0.391. The highest BCUT2D eigenvalue weighted by atomic mass is 16.1. The Morgan fingerprint density at radius 1 is 0.581 bits per heavy atom. The maximum atomic E-state index is 11.5. The Morgan fingerprint density at radius 3 is 1.97 bits per heavy atom. The molecule has 4 heteroatoms. The summed E-state index contributed by atoms with van der Waals surface area (Å²) in [6.07, 6.45) is 3.41. The lowest BCUT2D eigenvalue weighted by Gasteiger charge is -2.09. The fourth-order valence-electron chi connectivity index (χ4n) is 4.09. The average molecular weight is 399 g/mol. The Morgan fingerprint density at radius 2 is 1.19 bits per heavy atom. The number of pyridine rings is 1. The van der Waals surface area contributed by atoms with Crippen LogP contribution in [0.5, 0.6) is 0 Å². The number of aromatic nitrogens is 3. The van der Waals surface area contributed by atoms with Crippen molar-refractivity contribution in [2.75, 3.05) is 0 Å². The summed E-state index contributed by atoms with van der Waals surface area (Å²) in [7, 11) is 0. The predicted molar refractivity (Wildman–Crippen MR) is 126 cm³/mol. The summed E-state index contributed by atoms with van der Waals surface area (Å²) in [5.41, 5.74) is 6.25. The Balaban J connectivity index is 1.45. The van der Waals surface area contributed by atoms with Crippen molar-refractivity contribution in [3.63, 3.8) is 0 Å². The Labute approximate surface area is 177 Å². The van der Waals surface area contributed by atoms with Crippen molar-refractivity contribution in [2.24, 2.45) is 0 Å². The third-order valence-corrected chi connectivity index (χ3v) is 5.74. The van der Waals surface area contributed by atoms with Gasteiger partial charge in [0.25, 0.3) is 0 Å². The molecule has 0 saturated heterocycles. The van der Waals surface area contributed by atoms with Gasteiger partial charge in [-0.05, 0) is 74.8 Å². The molecular weight excluding hydrogens is 382 g/mol. The molecule has 31 heavy (non-hydrogen) atoms. The normalized spacial score (nSPS) is 11.4. The van der Waals surface area contributed by atoms with Crippen LogP contribution in [0.3, 0.4) is 0 Å². The van der Waals surface area contributed by atoms with Crippen LogP contribution in [0, 0.1) is 0 Å². The highest BCUT2D eigenvalue weighted by Gasteiger charge is 2.05. The highest BCUT2D eigenvalue weighted by molar-refractivity contribution is 5.93. The van der Waals surface area contributed by atoms with Crippen molar-refractivity contribution in [3.8, 4) is 22.3 Å². The lowest BCUT2D eigenvalue weighted by molar-refractivity contribution is 1.22. The van der Waals surface area contributed by atoms with Gasteiger partial charge < -0.3 is 4.98 Å². The van der Waals surface area contributed by atoms with Crippen LogP contribution in [-0.4, -0.2) is 15.0 Å². The van der Waals surface area contributed by atoms with Gasteiger partial charge in [0.2, 0.25) is 5.56 Å². The third kappa shape index (κ3) is 3.15. The van der Waals surface area contributed by atoms with Gasteiger partial charge in [-0.25, -0.2) is 9.97 Å². The zero-order valence-corrected chi connectivity index (χ0v) is 16.5. The van der Waals surface area contributed by atoms with E-state index in [0.29, 0.717) is 0 Å². The number of rotatable bonds is 2. The van der Waals surface area contributed by atoms with E-state index in [1.165, 1.54) is 10.8 Å². The molecular formula is C27H17N3O. The van der Waals surface area contributed by atoms with Crippen LogP contribution in [0.15, 0.2) is 102 Å². The summed E-state index contributed by atoms with van der Waals surface area (Å²) in [4.78, 5) is 22.9. The molecule has 0 spiro atoms. The molecule has 6 rings (SSSR count). The number of hydrogen-bond donors (Lipinski definition) is 1. The Bertz CT molecular complexity index is 1670. The van der Waals surface area contributed by atoms with E-state index in [0.717, 1.165) is 44.1 Å². The van der Waals surface area contributed by atoms with Crippen LogP contribution in [0.1, 0.15) is 0 Å². The van der Waals surface area contributed by atoms with Gasteiger partial charge in [0.1, 0.15) is 6.33 Å². The molecule has 0 amide bonds. The Kier molecular flexibility index (Phi) is 3.90. The minimum absolute atomic E-state index is 0.0846. The number of fused-ring (bicyclic) bond motifs is 3. The van der Waals surface area contributed by atoms with E-state index in [9.17, 15) is 4.79 Å². The van der Waals surface area contributed by atoms with Gasteiger partial charge in [-0.15, -0.1) is 0 Å².